The van der Waals surface area contributed by atoms with Gasteiger partial charge in [0, 0.05) is 31.1 Å². The summed E-state index contributed by atoms with van der Waals surface area (Å²) in [5, 5.41) is 0. The number of nitrogens with zero attached hydrogens (tertiary/aromatic N) is 2. The summed E-state index contributed by atoms with van der Waals surface area (Å²) in [7, 11) is -3.34. The molecule has 0 saturated carbocycles. The first kappa shape index (κ1) is 17.4. The Balaban J connectivity index is 2.00. The maximum absolute atomic E-state index is 12.7. The molecule has 0 atom stereocenters. The Kier molecular flexibility index (Phi) is 5.87. The van der Waals surface area contributed by atoms with Gasteiger partial charge in [0.1, 0.15) is 0 Å². The predicted octanol–water partition coefficient (Wildman–Crippen LogP) is 3.17. The number of rotatable bonds is 5. The van der Waals surface area contributed by atoms with E-state index >= 15 is 0 Å². The molecule has 1 aliphatic rings. The molecular weight excluding hydrogens is 372 g/mol. The normalized spacial score (nSPS) is 18.5. The van der Waals surface area contributed by atoms with E-state index in [1.807, 2.05) is 6.92 Å². The number of aryl methyl sites for hydroxylation is 1. The maximum atomic E-state index is 12.7. The van der Waals surface area contributed by atoms with E-state index in [-0.39, 0.29) is 0 Å². The standard InChI is InChI=1S/C14H23BrN2O2S2/c1-11(2)4-5-16-6-8-17(9-7-16)21(18,19)13-10-14(15)20-12(13)3/h10-11H,4-9H2,1-3H3. The molecule has 1 saturated heterocycles. The van der Waals surface area contributed by atoms with Gasteiger partial charge in [-0.15, -0.1) is 11.3 Å². The van der Waals surface area contributed by atoms with Gasteiger partial charge in [-0.1, -0.05) is 13.8 Å². The fourth-order valence-corrected chi connectivity index (χ4v) is 6.27. The fraction of sp³-hybridized carbons (Fsp3) is 0.714. The lowest BCUT2D eigenvalue weighted by Crippen LogP contribution is -2.48. The molecule has 1 aliphatic heterocycles. The van der Waals surface area contributed by atoms with E-state index in [2.05, 4.69) is 34.7 Å². The molecule has 21 heavy (non-hydrogen) atoms. The highest BCUT2D eigenvalue weighted by Gasteiger charge is 2.30. The summed E-state index contributed by atoms with van der Waals surface area (Å²) in [5.74, 6) is 0.692. The first-order chi connectivity index (χ1) is 9.80. The van der Waals surface area contributed by atoms with Gasteiger partial charge >= 0.3 is 0 Å². The molecule has 0 aromatic carbocycles. The van der Waals surface area contributed by atoms with Gasteiger partial charge in [0.05, 0.1) is 8.68 Å². The molecule has 0 radical (unpaired) electrons. The number of thiophene rings is 1. The summed E-state index contributed by atoms with van der Waals surface area (Å²) >= 11 is 4.84. The molecule has 0 amide bonds. The van der Waals surface area contributed by atoms with E-state index in [4.69, 9.17) is 0 Å². The van der Waals surface area contributed by atoms with Crippen molar-refractivity contribution in [3.63, 3.8) is 0 Å². The number of hydrogen-bond donors (Lipinski definition) is 0. The van der Waals surface area contributed by atoms with Crippen molar-refractivity contribution in [1.29, 1.82) is 0 Å². The second-order valence-corrected chi connectivity index (χ2v) is 10.4. The van der Waals surface area contributed by atoms with Gasteiger partial charge in [0.15, 0.2) is 0 Å². The van der Waals surface area contributed by atoms with Crippen molar-refractivity contribution in [2.24, 2.45) is 5.92 Å². The Morgan fingerprint density at radius 3 is 2.38 bits per heavy atom. The van der Waals surface area contributed by atoms with Crippen molar-refractivity contribution in [1.82, 2.24) is 9.21 Å². The van der Waals surface area contributed by atoms with Crippen LogP contribution in [-0.4, -0.2) is 50.3 Å². The van der Waals surface area contributed by atoms with Crippen LogP contribution in [0.25, 0.3) is 0 Å². The summed E-state index contributed by atoms with van der Waals surface area (Å²) in [6.07, 6.45) is 1.17. The van der Waals surface area contributed by atoms with Crippen LogP contribution in [0.15, 0.2) is 14.7 Å². The fourth-order valence-electron chi connectivity index (χ4n) is 2.46. The van der Waals surface area contributed by atoms with Gasteiger partial charge in [0.2, 0.25) is 10.0 Å². The monoisotopic (exact) mass is 394 g/mol. The number of sulfonamides is 1. The van der Waals surface area contributed by atoms with E-state index in [1.54, 1.807) is 10.4 Å². The average molecular weight is 395 g/mol. The van der Waals surface area contributed by atoms with Crippen molar-refractivity contribution in [3.05, 3.63) is 14.7 Å². The highest BCUT2D eigenvalue weighted by molar-refractivity contribution is 9.11. The zero-order valence-corrected chi connectivity index (χ0v) is 16.0. The van der Waals surface area contributed by atoms with Crippen molar-refractivity contribution < 1.29 is 8.42 Å². The maximum Gasteiger partial charge on any atom is 0.244 e. The van der Waals surface area contributed by atoms with E-state index in [0.717, 1.165) is 28.3 Å². The molecule has 120 valence electrons. The minimum atomic E-state index is -3.34. The van der Waals surface area contributed by atoms with Crippen LogP contribution < -0.4 is 0 Å². The molecule has 0 bridgehead atoms. The third-order valence-corrected chi connectivity index (χ3v) is 7.52. The second kappa shape index (κ2) is 7.08. The predicted molar refractivity (Wildman–Crippen MR) is 91.4 cm³/mol. The van der Waals surface area contributed by atoms with Crippen molar-refractivity contribution in [2.45, 2.75) is 32.1 Å². The third kappa shape index (κ3) is 4.28. The Morgan fingerprint density at radius 2 is 1.90 bits per heavy atom. The Bertz CT molecular complexity index is 576. The van der Waals surface area contributed by atoms with Crippen molar-refractivity contribution >= 4 is 37.3 Å². The van der Waals surface area contributed by atoms with Crippen LogP contribution in [0.2, 0.25) is 0 Å². The Hall–Kier alpha value is 0.0500. The van der Waals surface area contributed by atoms with E-state index in [0.29, 0.717) is 23.9 Å². The van der Waals surface area contributed by atoms with Gasteiger partial charge in [-0.05, 0) is 47.8 Å². The van der Waals surface area contributed by atoms with Crippen LogP contribution in [0.3, 0.4) is 0 Å². The summed E-state index contributed by atoms with van der Waals surface area (Å²) in [6.45, 7) is 10.2. The van der Waals surface area contributed by atoms with Gasteiger partial charge in [0.25, 0.3) is 0 Å². The molecule has 1 aromatic heterocycles. The molecule has 4 nitrogen and oxygen atoms in total. The molecule has 2 heterocycles. The molecule has 0 spiro atoms. The van der Waals surface area contributed by atoms with Crippen LogP contribution in [0.5, 0.6) is 0 Å². The highest BCUT2D eigenvalue weighted by Crippen LogP contribution is 2.31. The van der Waals surface area contributed by atoms with Gasteiger partial charge in [-0.3, -0.25) is 0 Å². The van der Waals surface area contributed by atoms with Crippen LogP contribution in [-0.2, 0) is 10.0 Å². The van der Waals surface area contributed by atoms with Gasteiger partial charge in [-0.25, -0.2) is 8.42 Å². The minimum absolute atomic E-state index is 0.454. The zero-order chi connectivity index (χ0) is 15.6. The van der Waals surface area contributed by atoms with Gasteiger partial charge < -0.3 is 4.90 Å². The lowest BCUT2D eigenvalue weighted by atomic mass is 10.1. The molecule has 7 heteroatoms. The number of piperazine rings is 1. The van der Waals surface area contributed by atoms with E-state index in [9.17, 15) is 8.42 Å². The summed E-state index contributed by atoms with van der Waals surface area (Å²) in [6, 6.07) is 1.72. The quantitative estimate of drug-likeness (QED) is 0.769. The largest absolute Gasteiger partial charge is 0.301 e. The van der Waals surface area contributed by atoms with E-state index in [1.165, 1.54) is 17.8 Å². The average Bonchev–Trinajstić information content (AvgIpc) is 2.76. The Labute approximate surface area is 140 Å². The van der Waals surface area contributed by atoms with Gasteiger partial charge in [-0.2, -0.15) is 4.31 Å². The third-order valence-electron chi connectivity index (χ3n) is 3.81. The van der Waals surface area contributed by atoms with Crippen LogP contribution in [0.1, 0.15) is 25.1 Å². The van der Waals surface area contributed by atoms with E-state index < -0.39 is 10.0 Å². The lowest BCUT2D eigenvalue weighted by molar-refractivity contribution is 0.180. The van der Waals surface area contributed by atoms with Crippen LogP contribution in [0.4, 0.5) is 0 Å². The molecule has 0 unspecified atom stereocenters. The topological polar surface area (TPSA) is 40.6 Å². The lowest BCUT2D eigenvalue weighted by Gasteiger charge is -2.34. The molecule has 0 aliphatic carbocycles. The van der Waals surface area contributed by atoms with Crippen molar-refractivity contribution in [2.75, 3.05) is 32.7 Å². The first-order valence-corrected chi connectivity index (χ1v) is 10.3. The molecule has 0 N–H and O–H groups in total. The molecule has 1 fully saturated rings. The molecule has 1 aromatic rings. The summed E-state index contributed by atoms with van der Waals surface area (Å²) < 4.78 is 27.9. The first-order valence-electron chi connectivity index (χ1n) is 7.29. The molecular formula is C14H23BrN2O2S2. The zero-order valence-electron chi connectivity index (χ0n) is 12.8. The Morgan fingerprint density at radius 1 is 1.29 bits per heavy atom. The van der Waals surface area contributed by atoms with Crippen LogP contribution in [0, 0.1) is 12.8 Å². The molecule has 2 rings (SSSR count). The number of hydrogen-bond acceptors (Lipinski definition) is 4. The highest BCUT2D eigenvalue weighted by atomic mass is 79.9. The smallest absolute Gasteiger partial charge is 0.244 e. The summed E-state index contributed by atoms with van der Waals surface area (Å²) in [5.41, 5.74) is 0. The van der Waals surface area contributed by atoms with Crippen LogP contribution >= 0.6 is 27.3 Å². The minimum Gasteiger partial charge on any atom is -0.301 e. The van der Waals surface area contributed by atoms with Crippen molar-refractivity contribution in [3.8, 4) is 0 Å². The SMILES string of the molecule is Cc1sc(Br)cc1S(=O)(=O)N1CCN(CCC(C)C)CC1. The second-order valence-electron chi connectivity index (χ2n) is 5.90. The number of halogens is 1. The summed E-state index contributed by atoms with van der Waals surface area (Å²) in [4.78, 5) is 3.67.